The van der Waals surface area contributed by atoms with Crippen LogP contribution in [0.2, 0.25) is 0 Å². The van der Waals surface area contributed by atoms with Gasteiger partial charge in [0, 0.05) is 66.3 Å². The van der Waals surface area contributed by atoms with Crippen LogP contribution in [0.3, 0.4) is 0 Å². The van der Waals surface area contributed by atoms with Crippen LogP contribution in [-0.4, -0.2) is 81.9 Å². The van der Waals surface area contributed by atoms with Crippen LogP contribution in [0.4, 0.5) is 13.2 Å². The minimum absolute atomic E-state index is 0.0351. The molecule has 266 valence electrons. The lowest BCUT2D eigenvalue weighted by Crippen LogP contribution is -2.52. The number of carbonyl (C=O) groups is 2. The number of allylic oxidation sites excluding steroid dienone is 2. The number of piperidine rings is 1. The Morgan fingerprint density at radius 1 is 1.12 bits per heavy atom. The predicted molar refractivity (Wildman–Crippen MR) is 176 cm³/mol. The van der Waals surface area contributed by atoms with Crippen LogP contribution < -0.4 is 9.46 Å². The number of fused-ring (bicyclic) bond motifs is 7. The lowest BCUT2D eigenvalue weighted by Gasteiger charge is -2.43. The van der Waals surface area contributed by atoms with Gasteiger partial charge in [0.05, 0.1) is 25.7 Å². The number of rotatable bonds is 7. The highest BCUT2D eigenvalue weighted by atomic mass is 32.2. The van der Waals surface area contributed by atoms with Crippen LogP contribution in [0.25, 0.3) is 5.70 Å². The number of likely N-dealkylation sites (tertiary alicyclic amines) is 1. The van der Waals surface area contributed by atoms with E-state index in [1.165, 1.54) is 11.6 Å². The van der Waals surface area contributed by atoms with E-state index in [2.05, 4.69) is 17.0 Å². The Morgan fingerprint density at radius 2 is 1.84 bits per heavy atom. The molecular weight excluding hydrogens is 659 g/mol. The Labute approximate surface area is 285 Å². The van der Waals surface area contributed by atoms with Crippen molar-refractivity contribution in [2.75, 3.05) is 45.7 Å². The van der Waals surface area contributed by atoms with E-state index < -0.39 is 33.3 Å². The molecular formula is C36H44F3N3O6S. The number of nitrogens with one attached hydrogen (secondary N) is 1. The van der Waals surface area contributed by atoms with E-state index in [-0.39, 0.29) is 17.4 Å². The first kappa shape index (κ1) is 34.1. The van der Waals surface area contributed by atoms with E-state index in [1.54, 1.807) is 24.8 Å². The van der Waals surface area contributed by atoms with Crippen molar-refractivity contribution in [2.45, 2.75) is 70.4 Å². The summed E-state index contributed by atoms with van der Waals surface area (Å²) in [6.45, 7) is 4.56. The molecule has 4 aliphatic heterocycles. The monoisotopic (exact) mass is 703 g/mol. The Kier molecular flexibility index (Phi) is 8.90. The van der Waals surface area contributed by atoms with Gasteiger partial charge in [-0.3, -0.25) is 9.59 Å². The quantitative estimate of drug-likeness (QED) is 0.374. The van der Waals surface area contributed by atoms with Gasteiger partial charge in [-0.1, -0.05) is 25.3 Å². The zero-order valence-corrected chi connectivity index (χ0v) is 28.8. The average molecular weight is 704 g/mol. The molecule has 2 aliphatic carbocycles. The van der Waals surface area contributed by atoms with Crippen LogP contribution in [0.15, 0.2) is 47.2 Å². The van der Waals surface area contributed by atoms with Crippen molar-refractivity contribution in [1.29, 1.82) is 0 Å². The molecule has 2 amide bonds. The molecule has 1 aromatic carbocycles. The topological polar surface area (TPSA) is 105 Å². The number of halogens is 3. The lowest BCUT2D eigenvalue weighted by atomic mass is 9.81. The van der Waals surface area contributed by atoms with Crippen molar-refractivity contribution < 1.29 is 40.7 Å². The number of ether oxygens (including phenoxy) is 2. The molecule has 13 heteroatoms. The largest absolute Gasteiger partial charge is 0.497 e. The summed E-state index contributed by atoms with van der Waals surface area (Å²) in [6, 6.07) is 6.06. The van der Waals surface area contributed by atoms with Crippen LogP contribution >= 0.6 is 0 Å². The molecule has 4 atom stereocenters. The number of methoxy groups -OCH3 is 1. The van der Waals surface area contributed by atoms with Gasteiger partial charge in [-0.05, 0) is 73.9 Å². The summed E-state index contributed by atoms with van der Waals surface area (Å²) < 4.78 is 76.4. The fourth-order valence-electron chi connectivity index (χ4n) is 9.11. The van der Waals surface area contributed by atoms with Crippen LogP contribution in [0.5, 0.6) is 5.75 Å². The first-order valence-electron chi connectivity index (χ1n) is 17.3. The highest BCUT2D eigenvalue weighted by Gasteiger charge is 2.65. The molecule has 0 spiro atoms. The van der Waals surface area contributed by atoms with Crippen molar-refractivity contribution in [1.82, 2.24) is 14.5 Å². The molecule has 49 heavy (non-hydrogen) atoms. The van der Waals surface area contributed by atoms with Crippen LogP contribution in [0.1, 0.15) is 75.3 Å². The second-order valence-electron chi connectivity index (χ2n) is 14.7. The van der Waals surface area contributed by atoms with E-state index in [4.69, 9.17) is 9.47 Å². The van der Waals surface area contributed by atoms with E-state index in [1.807, 2.05) is 11.0 Å². The number of nitrogens with zero attached hydrogens (tertiary/aromatic N) is 2. The Bertz CT molecular complexity index is 1720. The van der Waals surface area contributed by atoms with Crippen molar-refractivity contribution in [3.8, 4) is 5.75 Å². The van der Waals surface area contributed by atoms with Gasteiger partial charge in [0.1, 0.15) is 5.75 Å². The number of amides is 2. The van der Waals surface area contributed by atoms with Gasteiger partial charge in [0.2, 0.25) is 15.9 Å². The van der Waals surface area contributed by atoms with Crippen molar-refractivity contribution in [3.63, 3.8) is 0 Å². The molecule has 2 bridgehead atoms. The molecule has 2 saturated carbocycles. The number of hydrogen-bond acceptors (Lipinski definition) is 7. The maximum atomic E-state index is 14.8. The molecule has 2 saturated heterocycles. The minimum atomic E-state index is -5.00. The Balaban J connectivity index is 1.30. The summed E-state index contributed by atoms with van der Waals surface area (Å²) >= 11 is 0. The van der Waals surface area contributed by atoms with Gasteiger partial charge in [-0.25, -0.2) is 13.1 Å². The summed E-state index contributed by atoms with van der Waals surface area (Å²) in [5.41, 5.74) is 4.32. The highest BCUT2D eigenvalue weighted by molar-refractivity contribution is 7.90. The molecule has 4 fully saturated rings. The third-order valence-corrected chi connectivity index (χ3v) is 12.5. The summed E-state index contributed by atoms with van der Waals surface area (Å²) in [7, 11) is -3.33. The van der Waals surface area contributed by atoms with Crippen LogP contribution in [0, 0.1) is 23.2 Å². The van der Waals surface area contributed by atoms with E-state index in [9.17, 15) is 31.2 Å². The molecule has 6 aliphatic rings. The zero-order valence-electron chi connectivity index (χ0n) is 28.0. The van der Waals surface area contributed by atoms with Crippen molar-refractivity contribution in [2.24, 2.45) is 23.2 Å². The highest BCUT2D eigenvalue weighted by Crippen LogP contribution is 2.66. The summed E-state index contributed by atoms with van der Waals surface area (Å²) in [6.07, 6.45) is 5.63. The van der Waals surface area contributed by atoms with Crippen molar-refractivity contribution >= 4 is 27.5 Å². The summed E-state index contributed by atoms with van der Waals surface area (Å²) in [5, 5.41) is 0. The van der Waals surface area contributed by atoms with E-state index in [0.29, 0.717) is 69.2 Å². The zero-order chi connectivity index (χ0) is 34.7. The maximum absolute atomic E-state index is 14.8. The predicted octanol–water partition coefficient (Wildman–Crippen LogP) is 5.51. The van der Waals surface area contributed by atoms with E-state index in [0.717, 1.165) is 61.0 Å². The molecule has 1 aromatic rings. The first-order chi connectivity index (χ1) is 23.3. The summed E-state index contributed by atoms with van der Waals surface area (Å²) in [5.74, 6) is -1.56. The average Bonchev–Trinajstić information content (AvgIpc) is 3.70. The molecule has 9 nitrogen and oxygen atoms in total. The van der Waals surface area contributed by atoms with Gasteiger partial charge in [0.25, 0.3) is 5.91 Å². The number of benzene rings is 1. The fourth-order valence-corrected chi connectivity index (χ4v) is 10.0. The van der Waals surface area contributed by atoms with Gasteiger partial charge in [-0.2, -0.15) is 13.2 Å². The second kappa shape index (κ2) is 12.8. The van der Waals surface area contributed by atoms with Crippen molar-refractivity contribution in [3.05, 3.63) is 58.3 Å². The standard InChI is InChI=1S/C36H44F3N3O6S/c1-3-24(33(43)40-49(45,46)21-36(37,38)39)12-26-13-29(25-7-5-4-6-8-25)32-28-10-9-27(47-2)14-30(28)31-15-35(31,20-42(26)32)34(44)41-16-22-11-23(17-41)19-48-18-22/h3,9-10,12,14,22-23,25,31H,4-8,11,13,15-21H2,1-2H3,(H,40,43)/b24-3+,26-12+/t22?,23?,31?,35-/m1/s1. The number of carbonyl (C=O) groups excluding carboxylic acids is 2. The Hall–Kier alpha value is -3.32. The molecule has 3 unspecified atom stereocenters. The number of hydrogen-bond donors (Lipinski definition) is 1. The van der Waals surface area contributed by atoms with Gasteiger partial charge >= 0.3 is 6.18 Å². The first-order valence-corrected chi connectivity index (χ1v) is 19.0. The smallest absolute Gasteiger partial charge is 0.404 e. The molecule has 0 radical (unpaired) electrons. The number of alkyl halides is 3. The summed E-state index contributed by atoms with van der Waals surface area (Å²) in [4.78, 5) is 32.2. The SMILES string of the molecule is C/C=C(\C=C1/CC(C2CCCCC2)=C2c3ccc(OC)cc3C3C[C@@]3(C(=O)N3CC4COCC(C4)C3)CN21)C(=O)NS(=O)(=O)CC(F)(F)F. The van der Waals surface area contributed by atoms with Gasteiger partial charge < -0.3 is 19.3 Å². The third kappa shape index (κ3) is 6.64. The maximum Gasteiger partial charge on any atom is 0.404 e. The van der Waals surface area contributed by atoms with E-state index >= 15 is 0 Å². The fraction of sp³-hybridized carbons (Fsp3) is 0.611. The third-order valence-electron chi connectivity index (χ3n) is 11.3. The molecule has 1 N–H and O–H groups in total. The van der Waals surface area contributed by atoms with Crippen LogP contribution in [-0.2, 0) is 24.3 Å². The number of sulfonamides is 1. The van der Waals surface area contributed by atoms with Gasteiger partial charge in [0.15, 0.2) is 5.75 Å². The second-order valence-corrected chi connectivity index (χ2v) is 16.5. The molecule has 0 aromatic heterocycles. The van der Waals surface area contributed by atoms with Gasteiger partial charge in [-0.15, -0.1) is 0 Å². The Morgan fingerprint density at radius 3 is 2.49 bits per heavy atom. The lowest BCUT2D eigenvalue weighted by molar-refractivity contribution is -0.144. The minimum Gasteiger partial charge on any atom is -0.497 e. The molecule has 7 rings (SSSR count). The molecule has 4 heterocycles. The normalized spacial score (nSPS) is 29.6.